The SMILES string of the molecule is CC(C)n1c(C[C@H]2CCN(S(=O)(=O)c3ccc(F)c(Cl)c3)C2)nc2cccnc21. The Kier molecular flexibility index (Phi) is 5.35. The number of hydrogen-bond donors (Lipinski definition) is 0. The Bertz CT molecular complexity index is 1160. The molecule has 0 radical (unpaired) electrons. The molecule has 1 aromatic carbocycles. The normalized spacial score (nSPS) is 18.2. The van der Waals surface area contributed by atoms with Gasteiger partial charge in [-0.2, -0.15) is 4.31 Å². The summed E-state index contributed by atoms with van der Waals surface area (Å²) in [4.78, 5) is 9.21. The summed E-state index contributed by atoms with van der Waals surface area (Å²) in [6.07, 6.45) is 3.16. The third-order valence-electron chi connectivity index (χ3n) is 5.29. The summed E-state index contributed by atoms with van der Waals surface area (Å²) in [5.41, 5.74) is 1.69. The Labute approximate surface area is 174 Å². The zero-order valence-electron chi connectivity index (χ0n) is 16.2. The maximum absolute atomic E-state index is 13.4. The average molecular weight is 437 g/mol. The Balaban J connectivity index is 1.56. The number of hydrogen-bond acceptors (Lipinski definition) is 4. The lowest BCUT2D eigenvalue weighted by Gasteiger charge is -2.18. The third kappa shape index (κ3) is 3.76. The quantitative estimate of drug-likeness (QED) is 0.604. The molecule has 3 aromatic rings. The van der Waals surface area contributed by atoms with Gasteiger partial charge in [-0.05, 0) is 56.5 Å². The lowest BCUT2D eigenvalue weighted by atomic mass is 10.0. The average Bonchev–Trinajstić information content (AvgIpc) is 3.28. The summed E-state index contributed by atoms with van der Waals surface area (Å²) < 4.78 is 42.8. The predicted molar refractivity (Wildman–Crippen MR) is 110 cm³/mol. The standard InChI is InChI=1S/C20H22ClFN4O2S/c1-13(2)26-19(24-18-4-3-8-23-20(18)26)10-14-7-9-25(12-14)29(27,28)15-5-6-17(22)16(21)11-15/h3-6,8,11,13-14H,7,9-10,12H2,1-2H3/t14-/m1/s1. The zero-order chi connectivity index (χ0) is 20.8. The van der Waals surface area contributed by atoms with E-state index in [0.717, 1.165) is 29.5 Å². The molecule has 29 heavy (non-hydrogen) atoms. The second kappa shape index (κ2) is 7.66. The first kappa shape index (κ1) is 20.3. The molecule has 0 aliphatic carbocycles. The largest absolute Gasteiger partial charge is 0.310 e. The number of rotatable bonds is 5. The van der Waals surface area contributed by atoms with Crippen LogP contribution in [0.4, 0.5) is 4.39 Å². The summed E-state index contributed by atoms with van der Waals surface area (Å²) in [6.45, 7) is 4.99. The van der Waals surface area contributed by atoms with Crippen LogP contribution in [0.25, 0.3) is 11.2 Å². The van der Waals surface area contributed by atoms with Crippen molar-refractivity contribution < 1.29 is 12.8 Å². The number of pyridine rings is 1. The fourth-order valence-corrected chi connectivity index (χ4v) is 5.69. The van der Waals surface area contributed by atoms with E-state index in [1.54, 1.807) is 6.20 Å². The Hall–Kier alpha value is -2.03. The van der Waals surface area contributed by atoms with Crippen LogP contribution in [-0.4, -0.2) is 40.3 Å². The summed E-state index contributed by atoms with van der Waals surface area (Å²) >= 11 is 5.77. The van der Waals surface area contributed by atoms with E-state index in [2.05, 4.69) is 23.4 Å². The van der Waals surface area contributed by atoms with Gasteiger partial charge >= 0.3 is 0 Å². The molecular formula is C20H22ClFN4O2S. The number of imidazole rings is 1. The van der Waals surface area contributed by atoms with Crippen molar-refractivity contribution in [3.05, 3.63) is 53.2 Å². The molecule has 1 aliphatic heterocycles. The summed E-state index contributed by atoms with van der Waals surface area (Å²) in [7, 11) is -3.71. The van der Waals surface area contributed by atoms with Crippen LogP contribution in [0.5, 0.6) is 0 Å². The molecule has 0 spiro atoms. The Morgan fingerprint density at radius 2 is 2.10 bits per heavy atom. The van der Waals surface area contributed by atoms with E-state index >= 15 is 0 Å². The minimum Gasteiger partial charge on any atom is -0.310 e. The van der Waals surface area contributed by atoms with Gasteiger partial charge in [-0.25, -0.2) is 22.8 Å². The smallest absolute Gasteiger partial charge is 0.243 e. The summed E-state index contributed by atoms with van der Waals surface area (Å²) in [6, 6.07) is 7.51. The van der Waals surface area contributed by atoms with Crippen molar-refractivity contribution in [3.63, 3.8) is 0 Å². The maximum atomic E-state index is 13.4. The highest BCUT2D eigenvalue weighted by Gasteiger charge is 2.34. The van der Waals surface area contributed by atoms with Crippen LogP contribution in [0.15, 0.2) is 41.4 Å². The molecule has 1 aliphatic rings. The topological polar surface area (TPSA) is 68.1 Å². The molecule has 0 amide bonds. The summed E-state index contributed by atoms with van der Waals surface area (Å²) in [5.74, 6) is 0.434. The minimum atomic E-state index is -3.71. The van der Waals surface area contributed by atoms with Crippen LogP contribution in [0, 0.1) is 11.7 Å². The van der Waals surface area contributed by atoms with E-state index in [0.29, 0.717) is 19.5 Å². The van der Waals surface area contributed by atoms with Crippen molar-refractivity contribution in [2.75, 3.05) is 13.1 Å². The molecule has 2 aromatic heterocycles. The van der Waals surface area contributed by atoms with Crippen LogP contribution in [0.2, 0.25) is 5.02 Å². The lowest BCUT2D eigenvalue weighted by Crippen LogP contribution is -2.29. The molecule has 0 N–H and O–H groups in total. The molecule has 1 saturated heterocycles. The first-order chi connectivity index (χ1) is 13.8. The molecule has 1 fully saturated rings. The van der Waals surface area contributed by atoms with E-state index in [1.807, 2.05) is 12.1 Å². The second-order valence-corrected chi connectivity index (χ2v) is 9.98. The van der Waals surface area contributed by atoms with E-state index in [4.69, 9.17) is 16.6 Å². The fourth-order valence-electron chi connectivity index (χ4n) is 3.89. The number of sulfonamides is 1. The van der Waals surface area contributed by atoms with Gasteiger partial charge in [0.1, 0.15) is 17.2 Å². The van der Waals surface area contributed by atoms with E-state index < -0.39 is 15.8 Å². The molecule has 154 valence electrons. The number of benzene rings is 1. The zero-order valence-corrected chi connectivity index (χ0v) is 17.8. The molecule has 6 nitrogen and oxygen atoms in total. The maximum Gasteiger partial charge on any atom is 0.243 e. The van der Waals surface area contributed by atoms with Gasteiger partial charge in [0.2, 0.25) is 10.0 Å². The molecule has 9 heteroatoms. The third-order valence-corrected chi connectivity index (χ3v) is 7.44. The molecule has 0 unspecified atom stereocenters. The molecule has 0 bridgehead atoms. The second-order valence-electron chi connectivity index (χ2n) is 7.64. The number of fused-ring (bicyclic) bond motifs is 1. The van der Waals surface area contributed by atoms with Crippen molar-refractivity contribution in [1.29, 1.82) is 0 Å². The van der Waals surface area contributed by atoms with Crippen molar-refractivity contribution in [2.24, 2.45) is 5.92 Å². The minimum absolute atomic E-state index is 0.0168. The highest BCUT2D eigenvalue weighted by atomic mass is 35.5. The van der Waals surface area contributed by atoms with Crippen LogP contribution in [-0.2, 0) is 16.4 Å². The van der Waals surface area contributed by atoms with Crippen LogP contribution in [0.3, 0.4) is 0 Å². The highest BCUT2D eigenvalue weighted by Crippen LogP contribution is 2.29. The van der Waals surface area contributed by atoms with Gasteiger partial charge in [-0.1, -0.05) is 11.6 Å². The van der Waals surface area contributed by atoms with E-state index in [1.165, 1.54) is 16.4 Å². The van der Waals surface area contributed by atoms with Gasteiger partial charge in [0, 0.05) is 31.7 Å². The first-order valence-electron chi connectivity index (χ1n) is 9.54. The Morgan fingerprint density at radius 1 is 1.31 bits per heavy atom. The molecule has 0 saturated carbocycles. The van der Waals surface area contributed by atoms with Crippen molar-refractivity contribution in [2.45, 2.75) is 37.6 Å². The van der Waals surface area contributed by atoms with Gasteiger partial charge in [0.25, 0.3) is 0 Å². The molecule has 4 rings (SSSR count). The fraction of sp³-hybridized carbons (Fsp3) is 0.400. The van der Waals surface area contributed by atoms with Gasteiger partial charge < -0.3 is 4.57 Å². The number of aromatic nitrogens is 3. The molecular weight excluding hydrogens is 415 g/mol. The lowest BCUT2D eigenvalue weighted by molar-refractivity contribution is 0.447. The van der Waals surface area contributed by atoms with Gasteiger partial charge in [0.05, 0.1) is 9.92 Å². The number of nitrogens with zero attached hydrogens (tertiary/aromatic N) is 4. The monoisotopic (exact) mass is 436 g/mol. The molecule has 3 heterocycles. The van der Waals surface area contributed by atoms with Crippen LogP contribution >= 0.6 is 11.6 Å². The van der Waals surface area contributed by atoms with Crippen LogP contribution < -0.4 is 0 Å². The molecule has 1 atom stereocenters. The van der Waals surface area contributed by atoms with Gasteiger partial charge in [0.15, 0.2) is 5.65 Å². The van der Waals surface area contributed by atoms with Crippen LogP contribution in [0.1, 0.15) is 32.1 Å². The highest BCUT2D eigenvalue weighted by molar-refractivity contribution is 7.89. The van der Waals surface area contributed by atoms with Crippen molar-refractivity contribution in [3.8, 4) is 0 Å². The first-order valence-corrected chi connectivity index (χ1v) is 11.4. The summed E-state index contributed by atoms with van der Waals surface area (Å²) in [5, 5.41) is -0.194. The number of halogens is 2. The van der Waals surface area contributed by atoms with Crippen molar-refractivity contribution >= 4 is 32.8 Å². The Morgan fingerprint density at radius 3 is 2.83 bits per heavy atom. The van der Waals surface area contributed by atoms with E-state index in [-0.39, 0.29) is 21.9 Å². The predicted octanol–water partition coefficient (Wildman–Crippen LogP) is 4.06. The van der Waals surface area contributed by atoms with Crippen molar-refractivity contribution in [1.82, 2.24) is 18.8 Å². The van der Waals surface area contributed by atoms with Gasteiger partial charge in [-0.3, -0.25) is 0 Å². The van der Waals surface area contributed by atoms with Gasteiger partial charge in [-0.15, -0.1) is 0 Å². The van der Waals surface area contributed by atoms with E-state index in [9.17, 15) is 12.8 Å².